The highest BCUT2D eigenvalue weighted by molar-refractivity contribution is 6.83. The smallest absolute Gasteiger partial charge is 0.303 e. The summed E-state index contributed by atoms with van der Waals surface area (Å²) in [6, 6.07) is 0. The Hall–Kier alpha value is -1.36. The van der Waals surface area contributed by atoms with Gasteiger partial charge in [-0.2, -0.15) is 0 Å². The zero-order valence-corrected chi connectivity index (χ0v) is 16.7. The van der Waals surface area contributed by atoms with Crippen LogP contribution in [0.1, 0.15) is 33.1 Å². The van der Waals surface area contributed by atoms with Crippen LogP contribution in [0.25, 0.3) is 0 Å². The summed E-state index contributed by atoms with van der Waals surface area (Å²) in [6.45, 7) is 9.75. The van der Waals surface area contributed by atoms with Crippen LogP contribution in [0.4, 0.5) is 0 Å². The zero-order valence-electron chi connectivity index (χ0n) is 15.7. The number of ether oxygens (including phenoxy) is 4. The van der Waals surface area contributed by atoms with E-state index in [1.54, 1.807) is 0 Å². The van der Waals surface area contributed by atoms with Crippen LogP contribution in [0, 0.1) is 11.5 Å². The van der Waals surface area contributed by atoms with E-state index in [0.717, 1.165) is 12.8 Å². The summed E-state index contributed by atoms with van der Waals surface area (Å²) in [4.78, 5) is 23.2. The van der Waals surface area contributed by atoms with E-state index in [4.69, 9.17) is 18.9 Å². The average molecular weight is 369 g/mol. The highest BCUT2D eigenvalue weighted by Crippen LogP contribution is 2.34. The molecule has 0 bridgehead atoms. The molecule has 7 heteroatoms. The quantitative estimate of drug-likeness (QED) is 0.431. The Balaban J connectivity index is 2.25. The van der Waals surface area contributed by atoms with Crippen LogP contribution in [-0.2, 0) is 28.5 Å². The van der Waals surface area contributed by atoms with Crippen LogP contribution in [-0.4, -0.2) is 57.1 Å². The summed E-state index contributed by atoms with van der Waals surface area (Å²) in [5, 5.41) is 0. The minimum absolute atomic E-state index is 0.177. The molecule has 0 aliphatic carbocycles. The molecule has 0 N–H and O–H groups in total. The molecule has 2 aliphatic rings. The molecule has 2 heterocycles. The predicted octanol–water partition coefficient (Wildman–Crippen LogP) is 2.07. The van der Waals surface area contributed by atoms with E-state index >= 15 is 0 Å². The molecule has 0 amide bonds. The Morgan fingerprint density at radius 1 is 1.12 bits per heavy atom. The van der Waals surface area contributed by atoms with E-state index < -0.39 is 44.4 Å². The zero-order chi connectivity index (χ0) is 18.6. The summed E-state index contributed by atoms with van der Waals surface area (Å²) < 4.78 is 22.9. The van der Waals surface area contributed by atoms with E-state index in [9.17, 15) is 9.59 Å². The molecule has 0 aromatic heterocycles. The number of carbonyl (C=O) groups is 2. The second-order valence-corrected chi connectivity index (χ2v) is 12.3. The average Bonchev–Trinajstić information content (AvgIpc) is 2.48. The molecule has 0 radical (unpaired) electrons. The maximum Gasteiger partial charge on any atom is 0.303 e. The third-order valence-corrected chi connectivity index (χ3v) is 4.97. The molecule has 2 aliphatic heterocycles. The molecule has 140 valence electrons. The maximum atomic E-state index is 11.6. The summed E-state index contributed by atoms with van der Waals surface area (Å²) in [7, 11) is -1.51. The summed E-state index contributed by atoms with van der Waals surface area (Å²) in [5.41, 5.74) is 3.30. The molecule has 6 nitrogen and oxygen atoms in total. The van der Waals surface area contributed by atoms with Gasteiger partial charge >= 0.3 is 11.9 Å². The van der Waals surface area contributed by atoms with E-state index in [1.807, 2.05) is 0 Å². The lowest BCUT2D eigenvalue weighted by atomic mass is 9.89. The monoisotopic (exact) mass is 368 g/mol. The van der Waals surface area contributed by atoms with Crippen molar-refractivity contribution in [1.82, 2.24) is 0 Å². The Morgan fingerprint density at radius 3 is 2.36 bits per heavy atom. The van der Waals surface area contributed by atoms with Crippen molar-refractivity contribution in [3.63, 3.8) is 0 Å². The van der Waals surface area contributed by atoms with Gasteiger partial charge in [0.15, 0.2) is 12.2 Å². The molecule has 2 fully saturated rings. The van der Waals surface area contributed by atoms with Crippen LogP contribution >= 0.6 is 0 Å². The van der Waals surface area contributed by atoms with Crippen LogP contribution in [0.3, 0.4) is 0 Å². The first kappa shape index (κ1) is 20.0. The molecular formula is C18H28O6Si. The van der Waals surface area contributed by atoms with Crippen LogP contribution in [0.15, 0.2) is 0 Å². The number of carbonyl (C=O) groups excluding carboxylic acids is 2. The van der Waals surface area contributed by atoms with Gasteiger partial charge in [0.25, 0.3) is 0 Å². The fourth-order valence-corrected chi connectivity index (χ4v) is 3.80. The number of fused-ring (bicyclic) bond motifs is 1. The highest BCUT2D eigenvalue weighted by Gasteiger charge is 2.50. The molecule has 5 atom stereocenters. The molecule has 0 spiro atoms. The van der Waals surface area contributed by atoms with Gasteiger partial charge in [0.1, 0.15) is 20.3 Å². The van der Waals surface area contributed by atoms with Gasteiger partial charge in [-0.3, -0.25) is 9.59 Å². The van der Waals surface area contributed by atoms with Crippen LogP contribution in [0.5, 0.6) is 0 Å². The Kier molecular flexibility index (Phi) is 6.66. The lowest BCUT2D eigenvalue weighted by molar-refractivity contribution is -0.259. The van der Waals surface area contributed by atoms with E-state index in [1.165, 1.54) is 13.8 Å². The van der Waals surface area contributed by atoms with Crippen molar-refractivity contribution in [2.75, 3.05) is 6.61 Å². The van der Waals surface area contributed by atoms with Crippen molar-refractivity contribution < 1.29 is 28.5 Å². The highest BCUT2D eigenvalue weighted by atomic mass is 28.3. The fourth-order valence-electron chi connectivity index (χ4n) is 3.17. The Morgan fingerprint density at radius 2 is 1.76 bits per heavy atom. The van der Waals surface area contributed by atoms with Gasteiger partial charge in [0, 0.05) is 26.9 Å². The molecule has 2 rings (SSSR count). The van der Waals surface area contributed by atoms with Gasteiger partial charge in [0.05, 0.1) is 6.10 Å². The minimum Gasteiger partial charge on any atom is -0.456 e. The number of hydrogen-bond acceptors (Lipinski definition) is 6. The van der Waals surface area contributed by atoms with Crippen LogP contribution < -0.4 is 0 Å². The number of esters is 2. The summed E-state index contributed by atoms with van der Waals surface area (Å²) in [5.74, 6) is 2.31. The first-order valence-electron chi connectivity index (χ1n) is 8.79. The largest absolute Gasteiger partial charge is 0.456 e. The van der Waals surface area contributed by atoms with Crippen molar-refractivity contribution in [1.29, 1.82) is 0 Å². The maximum absolute atomic E-state index is 11.6. The summed E-state index contributed by atoms with van der Waals surface area (Å²) in [6.07, 6.45) is -0.252. The molecule has 0 aromatic rings. The van der Waals surface area contributed by atoms with Crippen LogP contribution in [0.2, 0.25) is 19.6 Å². The topological polar surface area (TPSA) is 71.1 Å². The lowest BCUT2D eigenvalue weighted by Crippen LogP contribution is -2.61. The second kappa shape index (κ2) is 8.34. The van der Waals surface area contributed by atoms with E-state index in [0.29, 0.717) is 13.0 Å². The Bertz CT molecular complexity index is 558. The lowest BCUT2D eigenvalue weighted by Gasteiger charge is -2.46. The van der Waals surface area contributed by atoms with E-state index in [2.05, 4.69) is 31.1 Å². The molecule has 0 saturated carbocycles. The number of hydrogen-bond donors (Lipinski definition) is 0. The molecule has 25 heavy (non-hydrogen) atoms. The van der Waals surface area contributed by atoms with Gasteiger partial charge in [-0.05, 0) is 12.8 Å². The van der Waals surface area contributed by atoms with Gasteiger partial charge in [-0.1, -0.05) is 19.6 Å². The van der Waals surface area contributed by atoms with Crippen molar-refractivity contribution in [2.45, 2.75) is 83.3 Å². The standard InChI is InChI=1S/C18H28O6Si/c1-12(19)22-17-15(9-7-11-25(3,4)5)24-14-8-6-10-21-16(14)18(17)23-13(2)20/h14-18H,6,8-10H2,1-5H3/t14-,15+,16-,17+,18+/m0/s1. The van der Waals surface area contributed by atoms with Crippen molar-refractivity contribution in [3.8, 4) is 11.5 Å². The molecule has 0 unspecified atom stereocenters. The molecule has 2 saturated heterocycles. The minimum atomic E-state index is -1.51. The molecule has 0 aromatic carbocycles. The van der Waals surface area contributed by atoms with Crippen molar-refractivity contribution in [3.05, 3.63) is 0 Å². The Labute approximate surface area is 150 Å². The van der Waals surface area contributed by atoms with Gasteiger partial charge < -0.3 is 18.9 Å². The fraction of sp³-hybridized carbons (Fsp3) is 0.778. The second-order valence-electron chi connectivity index (χ2n) is 7.59. The first-order chi connectivity index (χ1) is 11.7. The van der Waals surface area contributed by atoms with E-state index in [-0.39, 0.29) is 6.10 Å². The van der Waals surface area contributed by atoms with Crippen molar-refractivity contribution in [2.24, 2.45) is 0 Å². The third kappa shape index (κ3) is 5.84. The first-order valence-corrected chi connectivity index (χ1v) is 12.3. The van der Waals surface area contributed by atoms with Gasteiger partial charge in [-0.25, -0.2) is 0 Å². The third-order valence-electron chi connectivity index (χ3n) is 4.04. The van der Waals surface area contributed by atoms with Crippen molar-refractivity contribution >= 4 is 20.0 Å². The SMILES string of the molecule is CC(=O)O[C@@H]1[C@H]2OCCC[C@@H]2O[C@H](CC#C[Si](C)(C)C)[C@H]1OC(C)=O. The predicted molar refractivity (Wildman–Crippen MR) is 94.5 cm³/mol. The summed E-state index contributed by atoms with van der Waals surface area (Å²) >= 11 is 0. The number of rotatable bonds is 3. The van der Waals surface area contributed by atoms with Gasteiger partial charge in [0.2, 0.25) is 0 Å². The van der Waals surface area contributed by atoms with Gasteiger partial charge in [-0.15, -0.1) is 11.5 Å². The normalized spacial score (nSPS) is 32.0. The molecular weight excluding hydrogens is 340 g/mol.